The van der Waals surface area contributed by atoms with E-state index in [0.29, 0.717) is 18.7 Å². The molecular formula is C12H17N3O3. The first kappa shape index (κ1) is 14.0. The fourth-order valence-electron chi connectivity index (χ4n) is 1.27. The molecule has 2 N–H and O–H groups in total. The molecule has 1 atom stereocenters. The van der Waals surface area contributed by atoms with Crippen molar-refractivity contribution < 1.29 is 14.3 Å². The van der Waals surface area contributed by atoms with Gasteiger partial charge in [0.1, 0.15) is 0 Å². The molecule has 18 heavy (non-hydrogen) atoms. The van der Waals surface area contributed by atoms with Crippen molar-refractivity contribution >= 4 is 12.0 Å². The third-order valence-corrected chi connectivity index (χ3v) is 2.13. The maximum Gasteiger partial charge on any atom is 0.407 e. The van der Waals surface area contributed by atoms with Gasteiger partial charge in [0.25, 0.3) is 5.91 Å². The van der Waals surface area contributed by atoms with Gasteiger partial charge in [-0.05, 0) is 26.0 Å². The van der Waals surface area contributed by atoms with Crippen molar-refractivity contribution in [3.05, 3.63) is 30.1 Å². The Bertz CT molecular complexity index is 395. The third kappa shape index (κ3) is 4.82. The summed E-state index contributed by atoms with van der Waals surface area (Å²) in [5.41, 5.74) is 0.487. The van der Waals surface area contributed by atoms with Crippen molar-refractivity contribution in [3.8, 4) is 0 Å². The van der Waals surface area contributed by atoms with Crippen molar-refractivity contribution in [2.24, 2.45) is 0 Å². The molecule has 1 rings (SSSR count). The van der Waals surface area contributed by atoms with Crippen LogP contribution in [0.25, 0.3) is 0 Å². The van der Waals surface area contributed by atoms with Crippen molar-refractivity contribution in [1.29, 1.82) is 0 Å². The molecule has 1 aromatic heterocycles. The second kappa shape index (κ2) is 7.26. The molecule has 0 saturated heterocycles. The number of carbonyl (C=O) groups is 2. The molecule has 0 bridgehead atoms. The van der Waals surface area contributed by atoms with Gasteiger partial charge in [0.05, 0.1) is 12.2 Å². The van der Waals surface area contributed by atoms with E-state index in [4.69, 9.17) is 4.74 Å². The molecule has 2 amide bonds. The summed E-state index contributed by atoms with van der Waals surface area (Å²) in [6.45, 7) is 4.15. The Kier molecular flexibility index (Phi) is 5.63. The largest absolute Gasteiger partial charge is 0.450 e. The monoisotopic (exact) mass is 251 g/mol. The number of amides is 2. The van der Waals surface area contributed by atoms with Crippen LogP contribution in [0.15, 0.2) is 24.5 Å². The molecule has 6 nitrogen and oxygen atoms in total. The highest BCUT2D eigenvalue weighted by Crippen LogP contribution is 1.96. The Balaban J connectivity index is 2.34. The summed E-state index contributed by atoms with van der Waals surface area (Å²) in [6.07, 6.45) is 2.60. The van der Waals surface area contributed by atoms with Gasteiger partial charge < -0.3 is 15.4 Å². The maximum absolute atomic E-state index is 11.7. The Morgan fingerprint density at radius 2 is 2.28 bits per heavy atom. The van der Waals surface area contributed by atoms with Crippen LogP contribution < -0.4 is 10.6 Å². The van der Waals surface area contributed by atoms with Crippen molar-refractivity contribution in [3.63, 3.8) is 0 Å². The van der Waals surface area contributed by atoms with Gasteiger partial charge in [0.15, 0.2) is 0 Å². The number of alkyl carbamates (subject to hydrolysis) is 1. The molecule has 1 aromatic rings. The predicted octanol–water partition coefficient (Wildman–Crippen LogP) is 0.946. The summed E-state index contributed by atoms with van der Waals surface area (Å²) in [6, 6.07) is 3.17. The average molecular weight is 251 g/mol. The lowest BCUT2D eigenvalue weighted by Gasteiger charge is -2.14. The highest BCUT2D eigenvalue weighted by Gasteiger charge is 2.10. The molecule has 0 fully saturated rings. The minimum Gasteiger partial charge on any atom is -0.450 e. The van der Waals surface area contributed by atoms with Gasteiger partial charge in [0.2, 0.25) is 0 Å². The zero-order chi connectivity index (χ0) is 13.4. The molecule has 0 radical (unpaired) electrons. The van der Waals surface area contributed by atoms with Gasteiger partial charge >= 0.3 is 6.09 Å². The quantitative estimate of drug-likeness (QED) is 0.816. The number of pyridine rings is 1. The first-order valence-corrected chi connectivity index (χ1v) is 5.75. The van der Waals surface area contributed by atoms with E-state index < -0.39 is 6.09 Å². The predicted molar refractivity (Wildman–Crippen MR) is 66.2 cm³/mol. The lowest BCUT2D eigenvalue weighted by Crippen LogP contribution is -2.42. The van der Waals surface area contributed by atoms with Crippen LogP contribution in [0.5, 0.6) is 0 Å². The summed E-state index contributed by atoms with van der Waals surface area (Å²) in [4.78, 5) is 26.6. The van der Waals surface area contributed by atoms with Crippen LogP contribution in [-0.4, -0.2) is 36.2 Å². The lowest BCUT2D eigenvalue weighted by molar-refractivity contribution is 0.0937. The van der Waals surface area contributed by atoms with Crippen LogP contribution in [-0.2, 0) is 4.74 Å². The minimum atomic E-state index is -0.486. The van der Waals surface area contributed by atoms with Gasteiger partial charge in [-0.25, -0.2) is 4.79 Å². The number of hydrogen-bond donors (Lipinski definition) is 2. The van der Waals surface area contributed by atoms with Crippen LogP contribution in [0.3, 0.4) is 0 Å². The van der Waals surface area contributed by atoms with E-state index in [0.717, 1.165) is 0 Å². The fourth-order valence-corrected chi connectivity index (χ4v) is 1.27. The summed E-state index contributed by atoms with van der Waals surface area (Å²) in [5, 5.41) is 5.29. The van der Waals surface area contributed by atoms with Crippen molar-refractivity contribution in [2.75, 3.05) is 13.2 Å². The second-order valence-corrected chi connectivity index (χ2v) is 3.72. The van der Waals surface area contributed by atoms with E-state index in [1.807, 2.05) is 0 Å². The molecule has 0 spiro atoms. The first-order chi connectivity index (χ1) is 8.63. The van der Waals surface area contributed by atoms with Crippen molar-refractivity contribution in [2.45, 2.75) is 19.9 Å². The highest BCUT2D eigenvalue weighted by molar-refractivity contribution is 5.94. The average Bonchev–Trinajstić information content (AvgIpc) is 2.38. The summed E-state index contributed by atoms with van der Waals surface area (Å²) in [7, 11) is 0. The summed E-state index contributed by atoms with van der Waals surface area (Å²) < 4.78 is 4.71. The van der Waals surface area contributed by atoms with Gasteiger partial charge in [-0.15, -0.1) is 0 Å². The maximum atomic E-state index is 11.7. The zero-order valence-corrected chi connectivity index (χ0v) is 10.5. The first-order valence-electron chi connectivity index (χ1n) is 5.75. The Hall–Kier alpha value is -2.11. The fraction of sp³-hybridized carbons (Fsp3) is 0.417. The van der Waals surface area contributed by atoms with Gasteiger partial charge in [0, 0.05) is 25.0 Å². The number of ether oxygens (including phenoxy) is 1. The van der Waals surface area contributed by atoms with Gasteiger partial charge in [-0.2, -0.15) is 0 Å². The van der Waals surface area contributed by atoms with Gasteiger partial charge in [-0.1, -0.05) is 0 Å². The standard InChI is InChI=1S/C12H17N3O3/c1-3-18-12(17)14-7-9(2)15-11(16)10-5-4-6-13-8-10/h4-6,8-9H,3,7H2,1-2H3,(H,14,17)(H,15,16). The molecule has 0 aliphatic carbocycles. The number of hydrogen-bond acceptors (Lipinski definition) is 4. The zero-order valence-electron chi connectivity index (χ0n) is 10.5. The molecule has 1 heterocycles. The normalized spacial score (nSPS) is 11.4. The van der Waals surface area contributed by atoms with E-state index in [2.05, 4.69) is 15.6 Å². The SMILES string of the molecule is CCOC(=O)NCC(C)NC(=O)c1cccnc1. The number of rotatable bonds is 5. The summed E-state index contributed by atoms with van der Waals surface area (Å²) in [5.74, 6) is -0.221. The second-order valence-electron chi connectivity index (χ2n) is 3.72. The molecule has 1 unspecified atom stereocenters. The smallest absolute Gasteiger partial charge is 0.407 e. The highest BCUT2D eigenvalue weighted by atomic mass is 16.5. The minimum absolute atomic E-state index is 0.192. The van der Waals surface area contributed by atoms with E-state index in [1.54, 1.807) is 32.2 Å². The van der Waals surface area contributed by atoms with Crippen LogP contribution >= 0.6 is 0 Å². The topological polar surface area (TPSA) is 80.3 Å². The molecule has 0 saturated carbocycles. The molecule has 98 valence electrons. The molecule has 0 aliphatic rings. The Morgan fingerprint density at radius 3 is 2.89 bits per heavy atom. The van der Waals surface area contributed by atoms with E-state index in [-0.39, 0.29) is 11.9 Å². The van der Waals surface area contributed by atoms with Crippen LogP contribution in [0.2, 0.25) is 0 Å². The summed E-state index contributed by atoms with van der Waals surface area (Å²) >= 11 is 0. The molecule has 6 heteroatoms. The van der Waals surface area contributed by atoms with E-state index in [9.17, 15) is 9.59 Å². The van der Waals surface area contributed by atoms with Crippen LogP contribution in [0, 0.1) is 0 Å². The van der Waals surface area contributed by atoms with Crippen LogP contribution in [0.1, 0.15) is 24.2 Å². The number of nitrogens with one attached hydrogen (secondary N) is 2. The Labute approximate surface area is 106 Å². The lowest BCUT2D eigenvalue weighted by atomic mass is 10.2. The van der Waals surface area contributed by atoms with Crippen LogP contribution in [0.4, 0.5) is 4.79 Å². The third-order valence-electron chi connectivity index (χ3n) is 2.13. The number of nitrogens with zero attached hydrogens (tertiary/aromatic N) is 1. The molecule has 0 aliphatic heterocycles. The molecular weight excluding hydrogens is 234 g/mol. The Morgan fingerprint density at radius 1 is 1.50 bits per heavy atom. The van der Waals surface area contributed by atoms with Gasteiger partial charge in [-0.3, -0.25) is 9.78 Å². The number of carbonyl (C=O) groups excluding carboxylic acids is 2. The van der Waals surface area contributed by atoms with Crippen molar-refractivity contribution in [1.82, 2.24) is 15.6 Å². The van der Waals surface area contributed by atoms with E-state index in [1.165, 1.54) is 6.20 Å². The molecule has 0 aromatic carbocycles. The van der Waals surface area contributed by atoms with E-state index >= 15 is 0 Å². The number of aromatic nitrogens is 1.